The zero-order valence-electron chi connectivity index (χ0n) is 22.4. The monoisotopic (exact) mass is 560 g/mol. The molecule has 2 aromatic heterocycles. The first-order valence-corrected chi connectivity index (χ1v) is 14.3. The van der Waals surface area contributed by atoms with Gasteiger partial charge in [-0.1, -0.05) is 97.2 Å². The third-order valence-corrected chi connectivity index (χ3v) is 7.56. The number of phenols is 1. The predicted octanol–water partition coefficient (Wildman–Crippen LogP) is 9.28. The second-order valence-corrected chi connectivity index (χ2v) is 10.1. The Morgan fingerprint density at radius 1 is 0.700 bits per heavy atom. The van der Waals surface area contributed by atoms with Crippen LogP contribution in [-0.2, 0) is 0 Å². The first-order chi connectivity index (χ1) is 19.6. The van der Waals surface area contributed by atoms with E-state index in [-0.39, 0.29) is 5.75 Å². The van der Waals surface area contributed by atoms with Crippen LogP contribution in [0.2, 0.25) is 0 Å². The lowest BCUT2D eigenvalue weighted by Crippen LogP contribution is -1.89. The molecule has 0 saturated carbocycles. The Hall–Kier alpha value is -4.46. The molecule has 0 unspecified atom stereocenters. The largest absolute Gasteiger partial charge is 0.508 e. The molecule has 0 aliphatic rings. The highest BCUT2D eigenvalue weighted by atomic mass is 32.1. The van der Waals surface area contributed by atoms with Crippen molar-refractivity contribution in [2.75, 3.05) is 0 Å². The van der Waals surface area contributed by atoms with Crippen LogP contribution in [0.1, 0.15) is 37.5 Å². The molecule has 198 valence electrons. The third kappa shape index (κ3) is 5.76. The molecule has 40 heavy (non-hydrogen) atoms. The summed E-state index contributed by atoms with van der Waals surface area (Å²) >= 11 is 2.45. The zero-order chi connectivity index (χ0) is 27.9. The van der Waals surface area contributed by atoms with Crippen molar-refractivity contribution in [1.29, 1.82) is 0 Å². The molecular weight excluding hydrogens is 533 g/mol. The Balaban J connectivity index is 1.29. The first kappa shape index (κ1) is 27.1. The fourth-order valence-corrected chi connectivity index (χ4v) is 5.63. The highest BCUT2D eigenvalue weighted by molar-refractivity contribution is 7.00. The number of fused-ring (bicyclic) bond motifs is 2. The van der Waals surface area contributed by atoms with Gasteiger partial charge in [-0.2, -0.15) is 17.5 Å². The van der Waals surface area contributed by atoms with Crippen LogP contribution < -0.4 is 0 Å². The fourth-order valence-electron chi connectivity index (χ4n) is 4.47. The van der Waals surface area contributed by atoms with Crippen LogP contribution in [0.25, 0.3) is 50.4 Å². The summed E-state index contributed by atoms with van der Waals surface area (Å²) in [5, 5.41) is 9.60. The van der Waals surface area contributed by atoms with Crippen molar-refractivity contribution in [2.24, 2.45) is 0 Å². The summed E-state index contributed by atoms with van der Waals surface area (Å²) in [6, 6.07) is 15.5. The predicted molar refractivity (Wildman–Crippen MR) is 171 cm³/mol. The van der Waals surface area contributed by atoms with Gasteiger partial charge in [0.15, 0.2) is 0 Å². The van der Waals surface area contributed by atoms with Crippen LogP contribution in [0, 0.1) is 0 Å². The van der Waals surface area contributed by atoms with Gasteiger partial charge in [-0.3, -0.25) is 0 Å². The van der Waals surface area contributed by atoms with Crippen LogP contribution in [0.15, 0.2) is 103 Å². The number of aromatic hydroxyl groups is 1. The van der Waals surface area contributed by atoms with E-state index in [0.29, 0.717) is 0 Å². The van der Waals surface area contributed by atoms with Crippen molar-refractivity contribution in [2.45, 2.75) is 20.8 Å². The van der Waals surface area contributed by atoms with Crippen LogP contribution in [0.4, 0.5) is 0 Å². The summed E-state index contributed by atoms with van der Waals surface area (Å²) in [5.41, 5.74) is 11.1. The smallest absolute Gasteiger partial charge is 0.115 e. The number of hydrogen-bond acceptors (Lipinski definition) is 7. The van der Waals surface area contributed by atoms with E-state index >= 15 is 0 Å². The topological polar surface area (TPSA) is 71.8 Å². The summed E-state index contributed by atoms with van der Waals surface area (Å²) in [7, 11) is 0. The number of allylic oxidation sites excluding steroid dienone is 11. The number of hydrogen-bond donors (Lipinski definition) is 1. The zero-order valence-corrected chi connectivity index (χ0v) is 24.1. The average molecular weight is 561 g/mol. The lowest BCUT2D eigenvalue weighted by atomic mass is 9.98. The molecule has 0 saturated heterocycles. The average Bonchev–Trinajstić information content (AvgIpc) is 3.66. The van der Waals surface area contributed by atoms with Crippen molar-refractivity contribution in [1.82, 2.24) is 17.5 Å². The van der Waals surface area contributed by atoms with Gasteiger partial charge in [0.1, 0.15) is 27.8 Å². The van der Waals surface area contributed by atoms with E-state index in [1.165, 1.54) is 23.5 Å². The van der Waals surface area contributed by atoms with Gasteiger partial charge in [0.25, 0.3) is 0 Å². The Morgan fingerprint density at radius 2 is 1.35 bits per heavy atom. The Bertz CT molecular complexity index is 1830. The lowest BCUT2D eigenvalue weighted by molar-refractivity contribution is 0.475. The highest BCUT2D eigenvalue weighted by Gasteiger charge is 2.13. The maximum Gasteiger partial charge on any atom is 0.115 e. The van der Waals surface area contributed by atoms with Crippen LogP contribution in [-0.4, -0.2) is 22.6 Å². The molecular formula is C33H28N4OS2. The van der Waals surface area contributed by atoms with Gasteiger partial charge in [0, 0.05) is 22.3 Å². The third-order valence-electron chi connectivity index (χ3n) is 6.50. The molecule has 1 N–H and O–H groups in total. The Morgan fingerprint density at radius 3 is 2.10 bits per heavy atom. The van der Waals surface area contributed by atoms with Gasteiger partial charge in [-0.05, 0) is 49.6 Å². The molecule has 5 nitrogen and oxygen atoms in total. The van der Waals surface area contributed by atoms with Gasteiger partial charge in [0.05, 0.1) is 23.5 Å². The summed E-state index contributed by atoms with van der Waals surface area (Å²) in [5.74, 6) is 0.244. The molecule has 0 fully saturated rings. The number of rotatable bonds is 8. The lowest BCUT2D eigenvalue weighted by Gasteiger charge is -2.07. The van der Waals surface area contributed by atoms with E-state index in [1.807, 2.05) is 74.6 Å². The molecule has 5 aromatic rings. The van der Waals surface area contributed by atoms with Gasteiger partial charge in [-0.25, -0.2) is 0 Å². The van der Waals surface area contributed by atoms with Gasteiger partial charge in [-0.15, -0.1) is 0 Å². The molecule has 0 aliphatic carbocycles. The minimum atomic E-state index is 0.244. The molecule has 0 spiro atoms. The second-order valence-electron chi connectivity index (χ2n) is 9.06. The molecule has 0 atom stereocenters. The molecule has 3 aromatic carbocycles. The molecule has 0 bridgehead atoms. The quantitative estimate of drug-likeness (QED) is 0.192. The standard InChI is InChI=1S/C33H28N4OS2/c1-4-11-23(5-2)28-21-20-27(31-33(28)37-40-35-31)22(3)12-9-7-6-8-10-13-25-16-19-29(32-30(25)34-39-36-32)24-14-17-26(38)18-15-24/h4-21,38H,1-3H3. The molecule has 0 aliphatic heterocycles. The highest BCUT2D eigenvalue weighted by Crippen LogP contribution is 2.32. The normalized spacial score (nSPS) is 13.4. The van der Waals surface area contributed by atoms with Crippen molar-refractivity contribution >= 4 is 62.7 Å². The van der Waals surface area contributed by atoms with Gasteiger partial charge < -0.3 is 5.11 Å². The molecule has 2 heterocycles. The summed E-state index contributed by atoms with van der Waals surface area (Å²) in [6.07, 6.45) is 20.4. The molecule has 0 amide bonds. The molecule has 7 heteroatoms. The van der Waals surface area contributed by atoms with Crippen molar-refractivity contribution in [3.05, 3.63) is 120 Å². The summed E-state index contributed by atoms with van der Waals surface area (Å²) in [6.45, 7) is 6.16. The van der Waals surface area contributed by atoms with Crippen molar-refractivity contribution < 1.29 is 5.11 Å². The summed E-state index contributed by atoms with van der Waals surface area (Å²) in [4.78, 5) is 0. The summed E-state index contributed by atoms with van der Waals surface area (Å²) < 4.78 is 18.2. The van der Waals surface area contributed by atoms with E-state index in [1.54, 1.807) is 12.1 Å². The molecule has 0 radical (unpaired) electrons. The molecule has 5 rings (SSSR count). The van der Waals surface area contributed by atoms with E-state index in [4.69, 9.17) is 0 Å². The van der Waals surface area contributed by atoms with Gasteiger partial charge in [0.2, 0.25) is 0 Å². The van der Waals surface area contributed by atoms with E-state index in [2.05, 4.69) is 60.8 Å². The SMILES string of the molecule is CC=CC(=CC)c1ccc(C(C)=CC=CC=CC=Cc2ccc(-c3ccc(O)cc3)c3nsnc23)c2nsnc12. The van der Waals surface area contributed by atoms with Gasteiger partial charge >= 0.3 is 0 Å². The minimum absolute atomic E-state index is 0.244. The van der Waals surface area contributed by atoms with Crippen LogP contribution in [0.3, 0.4) is 0 Å². The van der Waals surface area contributed by atoms with E-state index < -0.39 is 0 Å². The van der Waals surface area contributed by atoms with E-state index in [9.17, 15) is 5.11 Å². The fraction of sp³-hybridized carbons (Fsp3) is 0.0909. The van der Waals surface area contributed by atoms with Crippen LogP contribution in [0.5, 0.6) is 5.75 Å². The number of benzene rings is 3. The Labute approximate surface area is 242 Å². The van der Waals surface area contributed by atoms with E-state index in [0.717, 1.165) is 61.0 Å². The number of phenolic OH excluding ortho intramolecular Hbond substituents is 1. The van der Waals surface area contributed by atoms with Crippen LogP contribution >= 0.6 is 23.5 Å². The minimum Gasteiger partial charge on any atom is -0.508 e. The van der Waals surface area contributed by atoms with Crippen molar-refractivity contribution in [3.8, 4) is 16.9 Å². The first-order valence-electron chi connectivity index (χ1n) is 12.9. The second kappa shape index (κ2) is 12.6. The maximum atomic E-state index is 9.60. The van der Waals surface area contributed by atoms with Crippen molar-refractivity contribution in [3.63, 3.8) is 0 Å². The number of aromatic nitrogens is 4. The Kier molecular flexibility index (Phi) is 8.54. The number of nitrogens with zero attached hydrogens (tertiary/aromatic N) is 4. The maximum absolute atomic E-state index is 9.60.